The smallest absolute Gasteiger partial charge is 0.234 e. The zero-order chi connectivity index (χ0) is 31.4. The first-order valence-corrected chi connectivity index (χ1v) is 11.7. The van der Waals surface area contributed by atoms with Crippen LogP contribution in [0.2, 0.25) is 0 Å². The van der Waals surface area contributed by atoms with Crippen LogP contribution in [0.1, 0.15) is 45.6 Å². The van der Waals surface area contributed by atoms with E-state index in [0.717, 1.165) is 0 Å². The van der Waals surface area contributed by atoms with Gasteiger partial charge in [0, 0.05) is 0 Å². The summed E-state index contributed by atoms with van der Waals surface area (Å²) in [5.74, 6) is -0.825. The molecule has 16 heteroatoms. The molecule has 0 unspecified atom stereocenters. The zero-order valence-corrected chi connectivity index (χ0v) is 21.5. The van der Waals surface area contributed by atoms with Crippen molar-refractivity contribution < 1.29 is 0 Å². The van der Waals surface area contributed by atoms with Gasteiger partial charge < -0.3 is 0 Å². The van der Waals surface area contributed by atoms with Gasteiger partial charge >= 0.3 is 0 Å². The SMILES string of the molecule is N#C/C(c1c(C#N)nc(C#N)nc1C#N)=c1/cnc2cc3n/c(=C(\C#N)c4c(C#N)nc(C#N)nc4C#N)cnc3cc2n1. The molecule has 0 amide bonds. The minimum atomic E-state index is -0.413. The van der Waals surface area contributed by atoms with Crippen LogP contribution in [0.3, 0.4) is 0 Å². The van der Waals surface area contributed by atoms with Gasteiger partial charge in [-0.3, -0.25) is 9.97 Å². The Balaban J connectivity index is 1.76. The molecule has 5 rings (SSSR count). The van der Waals surface area contributed by atoms with Crippen LogP contribution < -0.4 is 10.7 Å². The minimum Gasteiger partial charge on any atom is -0.252 e. The van der Waals surface area contributed by atoms with Crippen LogP contribution in [0.15, 0.2) is 24.5 Å². The van der Waals surface area contributed by atoms with Gasteiger partial charge in [-0.05, 0) is 12.1 Å². The van der Waals surface area contributed by atoms with Crippen molar-refractivity contribution in [2.24, 2.45) is 0 Å². The van der Waals surface area contributed by atoms with Crippen molar-refractivity contribution in [3.05, 3.63) is 80.8 Å². The van der Waals surface area contributed by atoms with Crippen molar-refractivity contribution in [2.75, 3.05) is 0 Å². The number of nitriles is 8. The molecule has 16 nitrogen and oxygen atoms in total. The molecule has 0 saturated heterocycles. The molecule has 0 atom stereocenters. The monoisotopic (exact) mass is 564 g/mol. The van der Waals surface area contributed by atoms with E-state index in [4.69, 9.17) is 10.5 Å². The zero-order valence-electron chi connectivity index (χ0n) is 21.5. The summed E-state index contributed by atoms with van der Waals surface area (Å²) in [7, 11) is 0. The highest BCUT2D eigenvalue weighted by Gasteiger charge is 2.21. The maximum atomic E-state index is 9.94. The van der Waals surface area contributed by atoms with Crippen LogP contribution in [0.25, 0.3) is 33.2 Å². The van der Waals surface area contributed by atoms with Crippen molar-refractivity contribution in [2.45, 2.75) is 0 Å². The standard InChI is InChI=1S/C28H4N16/c29-3-13(27-19(5-31)41-25(9-35)42-20(27)6-32)23-12-38-16-2-18-15(1-17(16)39-23)37-11-24(40-18)14(4-30)28-21(7-33)43-26(10-36)44-22(28)8-34/h1-2,11-12H/b23-13+,24-14+. The molecule has 44 heavy (non-hydrogen) atoms. The van der Waals surface area contributed by atoms with Gasteiger partial charge in [0.1, 0.15) is 59.3 Å². The molecule has 0 bridgehead atoms. The molecule has 0 saturated carbocycles. The molecule has 0 radical (unpaired) electrons. The lowest BCUT2D eigenvalue weighted by Gasteiger charge is -2.06. The summed E-state index contributed by atoms with van der Waals surface area (Å²) in [5, 5.41) is 76.3. The van der Waals surface area contributed by atoms with Gasteiger partial charge in [-0.1, -0.05) is 0 Å². The second-order valence-electron chi connectivity index (χ2n) is 8.22. The number of hydrogen-bond acceptors (Lipinski definition) is 16. The van der Waals surface area contributed by atoms with E-state index in [1.807, 2.05) is 12.1 Å². The number of fused-ring (bicyclic) bond motifs is 2. The molecule has 5 aromatic rings. The van der Waals surface area contributed by atoms with Gasteiger partial charge in [-0.25, -0.2) is 29.9 Å². The van der Waals surface area contributed by atoms with Gasteiger partial charge in [0.15, 0.2) is 22.8 Å². The summed E-state index contributed by atoms with van der Waals surface area (Å²) in [4.78, 5) is 32.7. The van der Waals surface area contributed by atoms with Crippen LogP contribution >= 0.6 is 0 Å². The van der Waals surface area contributed by atoms with Gasteiger partial charge in [0.2, 0.25) is 11.6 Å². The lowest BCUT2D eigenvalue weighted by molar-refractivity contribution is 1.06. The maximum Gasteiger partial charge on any atom is 0.234 e. The molecule has 0 N–H and O–H groups in total. The predicted octanol–water partition coefficient (Wildman–Crippen LogP) is -0.172. The quantitative estimate of drug-likeness (QED) is 0.251. The van der Waals surface area contributed by atoms with Crippen molar-refractivity contribution in [3.8, 4) is 48.6 Å². The fourth-order valence-corrected chi connectivity index (χ4v) is 4.06. The fourth-order valence-electron chi connectivity index (χ4n) is 4.06. The van der Waals surface area contributed by atoms with E-state index in [0.29, 0.717) is 0 Å². The summed E-state index contributed by atoms with van der Waals surface area (Å²) in [6.45, 7) is 0. The van der Waals surface area contributed by atoms with E-state index in [1.165, 1.54) is 24.5 Å². The number of aromatic nitrogens is 8. The minimum absolute atomic E-state index is 0.0146. The largest absolute Gasteiger partial charge is 0.252 e. The van der Waals surface area contributed by atoms with Crippen molar-refractivity contribution >= 4 is 33.2 Å². The molecule has 1 aromatic carbocycles. The van der Waals surface area contributed by atoms with Gasteiger partial charge in [-0.15, -0.1) is 0 Å². The van der Waals surface area contributed by atoms with Crippen LogP contribution in [-0.4, -0.2) is 39.9 Å². The van der Waals surface area contributed by atoms with Gasteiger partial charge in [-0.2, -0.15) is 42.1 Å². The van der Waals surface area contributed by atoms with Gasteiger partial charge in [0.25, 0.3) is 0 Å². The first-order valence-electron chi connectivity index (χ1n) is 11.7. The highest BCUT2D eigenvalue weighted by atomic mass is 14.9. The van der Waals surface area contributed by atoms with Crippen molar-refractivity contribution in [1.29, 1.82) is 42.1 Å². The van der Waals surface area contributed by atoms with E-state index in [1.54, 1.807) is 36.4 Å². The second-order valence-corrected chi connectivity index (χ2v) is 8.22. The van der Waals surface area contributed by atoms with E-state index in [-0.39, 0.29) is 77.8 Å². The van der Waals surface area contributed by atoms with E-state index in [2.05, 4.69) is 39.9 Å². The lowest BCUT2D eigenvalue weighted by Crippen LogP contribution is -2.17. The third-order valence-electron chi connectivity index (χ3n) is 5.88. The third kappa shape index (κ3) is 4.48. The highest BCUT2D eigenvalue weighted by Crippen LogP contribution is 2.21. The fraction of sp³-hybridized carbons (Fsp3) is 0. The van der Waals surface area contributed by atoms with Crippen LogP contribution in [0.5, 0.6) is 0 Å². The predicted molar refractivity (Wildman–Crippen MR) is 140 cm³/mol. The Bertz CT molecular complexity index is 2350. The molecule has 4 aromatic heterocycles. The topological polar surface area (TPSA) is 293 Å². The van der Waals surface area contributed by atoms with Crippen LogP contribution in [0.4, 0.5) is 0 Å². The Morgan fingerprint density at radius 2 is 0.773 bits per heavy atom. The average Bonchev–Trinajstić information content (AvgIpc) is 3.07. The van der Waals surface area contributed by atoms with Crippen molar-refractivity contribution in [3.63, 3.8) is 0 Å². The molecular weight excluding hydrogens is 560 g/mol. The highest BCUT2D eigenvalue weighted by molar-refractivity contribution is 5.91. The number of benzene rings is 1. The molecule has 0 spiro atoms. The Hall–Kier alpha value is -8.28. The molecule has 0 aliphatic rings. The van der Waals surface area contributed by atoms with E-state index < -0.39 is 11.6 Å². The average molecular weight is 564 g/mol. The third-order valence-corrected chi connectivity index (χ3v) is 5.88. The second kappa shape index (κ2) is 11.1. The Morgan fingerprint density at radius 1 is 0.432 bits per heavy atom. The van der Waals surface area contributed by atoms with E-state index in [9.17, 15) is 31.6 Å². The molecule has 4 heterocycles. The van der Waals surface area contributed by atoms with Crippen molar-refractivity contribution in [1.82, 2.24) is 39.9 Å². The normalized spacial score (nSPS) is 11.3. The van der Waals surface area contributed by atoms with Crippen LogP contribution in [0, 0.1) is 90.6 Å². The first-order chi connectivity index (χ1) is 21.4. The summed E-state index contributed by atoms with van der Waals surface area (Å²) in [5.41, 5.74) is -1.21. The molecular formula is C28H4N16. The number of rotatable bonds is 2. The summed E-state index contributed by atoms with van der Waals surface area (Å²) < 4.78 is 0. The Morgan fingerprint density at radius 3 is 1.05 bits per heavy atom. The summed E-state index contributed by atoms with van der Waals surface area (Å²) in [6, 6.07) is 17.2. The molecule has 0 aliphatic carbocycles. The molecule has 0 aliphatic heterocycles. The number of nitrogens with zero attached hydrogens (tertiary/aromatic N) is 16. The maximum absolute atomic E-state index is 9.94. The molecule has 0 fully saturated rings. The van der Waals surface area contributed by atoms with Gasteiger partial charge in [0.05, 0.1) is 56.7 Å². The Kier molecular flexibility index (Phi) is 6.87. The Labute approximate surface area is 244 Å². The lowest BCUT2D eigenvalue weighted by atomic mass is 10.0. The first kappa shape index (κ1) is 27.3. The van der Waals surface area contributed by atoms with E-state index >= 15 is 0 Å². The molecule has 196 valence electrons. The summed E-state index contributed by atoms with van der Waals surface area (Å²) in [6.07, 6.45) is 2.45. The summed E-state index contributed by atoms with van der Waals surface area (Å²) >= 11 is 0. The number of hydrogen-bond donors (Lipinski definition) is 0. The van der Waals surface area contributed by atoms with Crippen LogP contribution in [-0.2, 0) is 0 Å².